The van der Waals surface area contributed by atoms with Crippen LogP contribution < -0.4 is 75.3 Å². The van der Waals surface area contributed by atoms with Gasteiger partial charge in [-0.2, -0.15) is 0 Å². The molecule has 18 atom stereocenters. The highest BCUT2D eigenvalue weighted by atomic mass is 35.5. The lowest BCUT2D eigenvalue weighted by atomic mass is 9.86. The van der Waals surface area contributed by atoms with Gasteiger partial charge in [0.2, 0.25) is 53.4 Å². The monoisotopic (exact) mass is 1560 g/mol. The van der Waals surface area contributed by atoms with Crippen LogP contribution in [-0.2, 0) is 59.1 Å². The molecule has 108 heavy (non-hydrogen) atoms. The summed E-state index contributed by atoms with van der Waals surface area (Å²) in [4.78, 5) is 118. The minimum absolute atomic E-state index is 0. The van der Waals surface area contributed by atoms with Crippen LogP contribution in [0, 0.1) is 5.92 Å². The van der Waals surface area contributed by atoms with Crippen LogP contribution in [0.5, 0.6) is 46.0 Å². The predicted octanol–water partition coefficient (Wildman–Crippen LogP) is -2.04. The Kier molecular flexibility index (Phi) is 25.0. The summed E-state index contributed by atoms with van der Waals surface area (Å²) < 4.78 is 38.6. The van der Waals surface area contributed by atoms with Crippen molar-refractivity contribution < 1.29 is 136 Å². The SMILES string of the molecule is CC(C)C[C@@H](NCc1ccccc1)C(=O)N[C@H]1C(=O)N[C@@H](CC(N)=O)C(=O)N[C@@H]2C(=O)N[C@H]3C(=O)N[C@H](C(=O)N[C@H](C(=O)O)c4cc(O)cc(O)c4-c4cc3ccc4O)[C@H](O)c3ccc(c(Cl)c3)Oc3cc2cc(c3O[C@@H]2O[C@H](CO)[C@@H](O)[C@H](O)[C@H]2O[C@H]2C[C@](C)([NH3+])[C@H](O)[C@H](C)O2)Oc2ccc(cc2Cl)[C@H]1O.[Cl-]. The number of hydrogen-bond acceptors (Lipinski definition) is 24. The molecule has 0 aliphatic carbocycles. The van der Waals surface area contributed by atoms with E-state index in [0.717, 1.165) is 72.3 Å². The number of aliphatic hydroxyl groups excluding tert-OH is 6. The highest BCUT2D eigenvalue weighted by Gasteiger charge is 2.52. The van der Waals surface area contributed by atoms with Gasteiger partial charge in [0.05, 0.1) is 41.6 Å². The maximum absolute atomic E-state index is 16.1. The number of primary amides is 1. The maximum atomic E-state index is 16.1. The number of ether oxygens (including phenoxy) is 6. The molecule has 36 heteroatoms. The lowest BCUT2D eigenvalue weighted by Crippen LogP contribution is -3.00. The second kappa shape index (κ2) is 33.4. The molecule has 7 aliphatic rings. The Morgan fingerprint density at radius 1 is 0.704 bits per heavy atom. The molecule has 6 aromatic carbocycles. The molecule has 33 nitrogen and oxygen atoms in total. The largest absolute Gasteiger partial charge is 1.00 e. The van der Waals surface area contributed by atoms with Gasteiger partial charge < -0.3 is 141 Å². The van der Waals surface area contributed by atoms with Gasteiger partial charge in [-0.1, -0.05) is 85.6 Å². The number of quaternary nitrogens is 1. The zero-order valence-electron chi connectivity index (χ0n) is 57.9. The number of aromatic hydroxyl groups is 3. The third kappa shape index (κ3) is 17.5. The Morgan fingerprint density at radius 3 is 1.92 bits per heavy atom. The van der Waals surface area contributed by atoms with Crippen LogP contribution >= 0.6 is 23.2 Å². The molecule has 0 radical (unpaired) electrons. The number of aliphatic carboxylic acids is 1. The van der Waals surface area contributed by atoms with Crippen LogP contribution in [0.3, 0.4) is 0 Å². The summed E-state index contributed by atoms with van der Waals surface area (Å²) in [5, 5.41) is 132. The van der Waals surface area contributed by atoms with E-state index in [1.807, 2.05) is 26.0 Å². The number of benzene rings is 6. The zero-order chi connectivity index (χ0) is 77.4. The Labute approximate surface area is 631 Å². The van der Waals surface area contributed by atoms with Crippen molar-refractivity contribution in [3.05, 3.63) is 153 Å². The standard InChI is InChI=1S/C72H79Cl2N9O24.ClH/c1-28(2)16-40(77-26-30-8-6-5-7-9-30)64(94)82-55-57(89)32-11-14-44(38(73)18-32)103-46-20-34-21-47(61(46)107-71-62(60(92)59(91)48(27-84)105-71)106-50-25-72(4,76)63(93)29(3)102-50)104-45-15-12-33(19-39(45)74)58(90)56-69(99)81-54(70(100)101)37-22-35(85)23-43(87)51(37)36-17-31(10-13-42(36)86)52(66(96)83-56)80-67(97)53(34)79-65(95)41(24-49(75)88)78-68(55)98;/h5-15,17-23,28-29,40-41,48,50,52-60,62-63,71,77,84-87,89-93H,16,24-27,76H2,1-4H3,(H2,75,88)(H,78,98)(H,79,95)(H,80,97)(H,81,99)(H,82,94)(H,83,96)(H,100,101);1H/t29-,40+,41-,48+,50-,52+,53-,54-,55+,56-,57+,58+,59+,60-,62+,63+,71-,72-;/m0./s1. The van der Waals surface area contributed by atoms with Crippen molar-refractivity contribution >= 4 is 70.5 Å². The van der Waals surface area contributed by atoms with Gasteiger partial charge >= 0.3 is 5.97 Å². The van der Waals surface area contributed by atoms with Gasteiger partial charge in [-0.3, -0.25) is 33.6 Å². The minimum atomic E-state index is -2.35. The number of phenolic OH excluding ortho intramolecular Hbond substituents is 3. The van der Waals surface area contributed by atoms with E-state index in [0.29, 0.717) is 0 Å². The summed E-state index contributed by atoms with van der Waals surface area (Å²) in [6.07, 6.45) is -18.2. The lowest BCUT2D eigenvalue weighted by Gasteiger charge is -2.45. The third-order valence-electron chi connectivity index (χ3n) is 18.9. The highest BCUT2D eigenvalue weighted by Crippen LogP contribution is 2.50. The number of aliphatic hydroxyl groups is 6. The van der Waals surface area contributed by atoms with E-state index in [4.69, 9.17) is 57.4 Å². The van der Waals surface area contributed by atoms with Crippen molar-refractivity contribution in [2.24, 2.45) is 11.7 Å². The number of carboxylic acid groups (broad SMARTS) is 1. The number of phenols is 3. The summed E-state index contributed by atoms with van der Waals surface area (Å²) in [5.74, 6) is -16.0. The summed E-state index contributed by atoms with van der Waals surface area (Å²) in [7, 11) is 0. The fourth-order valence-corrected chi connectivity index (χ4v) is 13.8. The fraction of sp³-hybridized carbons (Fsp3) is 0.389. The maximum Gasteiger partial charge on any atom is 0.330 e. The molecule has 0 saturated carbocycles. The first-order valence-electron chi connectivity index (χ1n) is 33.8. The lowest BCUT2D eigenvalue weighted by molar-refractivity contribution is -0.518. The molecule has 13 rings (SSSR count). The number of carboxylic acids is 1. The summed E-state index contributed by atoms with van der Waals surface area (Å²) >= 11 is 14.2. The number of fused-ring (bicyclic) bond motifs is 15. The van der Waals surface area contributed by atoms with E-state index in [9.17, 15) is 70.2 Å². The average Bonchev–Trinajstić information content (AvgIpc) is 0.766. The minimum Gasteiger partial charge on any atom is -1.00 e. The van der Waals surface area contributed by atoms with E-state index >= 15 is 19.2 Å². The van der Waals surface area contributed by atoms with Crippen molar-refractivity contribution in [3.8, 4) is 57.1 Å². The number of nitrogens with one attached hydrogen (secondary N) is 7. The van der Waals surface area contributed by atoms with E-state index in [2.05, 4.69) is 43.0 Å². The van der Waals surface area contributed by atoms with Gasteiger partial charge in [-0.05, 0) is 109 Å². The normalized spacial score (nSPS) is 28.1. The number of halogens is 3. The molecule has 6 aromatic rings. The molecule has 0 unspecified atom stereocenters. The van der Waals surface area contributed by atoms with Crippen molar-refractivity contribution in [1.82, 2.24) is 37.2 Å². The topological polar surface area (TPSA) is 532 Å². The predicted molar refractivity (Wildman–Crippen MR) is 372 cm³/mol. The number of carbonyl (C=O) groups is 8. The van der Waals surface area contributed by atoms with Gasteiger partial charge in [-0.25, -0.2) is 4.79 Å². The first-order chi connectivity index (χ1) is 50.7. The molecule has 0 aromatic heterocycles. The van der Waals surface area contributed by atoms with Gasteiger partial charge in [0.25, 0.3) is 0 Å². The average molecular weight is 1560 g/mol. The van der Waals surface area contributed by atoms with Gasteiger partial charge in [0, 0.05) is 29.3 Å². The first kappa shape index (κ1) is 80.8. The number of amides is 7. The smallest absolute Gasteiger partial charge is 0.330 e. The third-order valence-corrected chi connectivity index (χ3v) is 19.5. The van der Waals surface area contributed by atoms with Crippen LogP contribution in [0.1, 0.15) is 111 Å². The Hall–Kier alpha value is -9.69. The molecule has 0 spiro atoms. The molecule has 2 fully saturated rings. The molecule has 22 N–H and O–H groups in total. The van der Waals surface area contributed by atoms with Crippen LogP contribution in [0.4, 0.5) is 0 Å². The molecule has 7 heterocycles. The van der Waals surface area contributed by atoms with Crippen molar-refractivity contribution in [2.45, 2.75) is 163 Å². The van der Waals surface area contributed by atoms with Crippen LogP contribution in [0.15, 0.2) is 109 Å². The second-order valence-corrected chi connectivity index (χ2v) is 28.3. The number of hydrogen-bond donors (Lipinski definition) is 19. The van der Waals surface area contributed by atoms with E-state index in [1.54, 1.807) is 25.1 Å². The summed E-state index contributed by atoms with van der Waals surface area (Å²) in [6, 6.07) is 8.30. The van der Waals surface area contributed by atoms with Crippen molar-refractivity contribution in [2.75, 3.05) is 6.61 Å². The van der Waals surface area contributed by atoms with Gasteiger partial charge in [0.15, 0.2) is 29.9 Å². The van der Waals surface area contributed by atoms with Gasteiger partial charge in [-0.15, -0.1) is 0 Å². The van der Waals surface area contributed by atoms with E-state index in [1.165, 1.54) is 19.1 Å². The Balaban J connectivity index is 0.0000124. The second-order valence-electron chi connectivity index (χ2n) is 27.4. The summed E-state index contributed by atoms with van der Waals surface area (Å²) in [6.45, 7) is 6.03. The fourth-order valence-electron chi connectivity index (χ4n) is 13.3. The highest BCUT2D eigenvalue weighted by molar-refractivity contribution is 6.32. The van der Waals surface area contributed by atoms with Crippen LogP contribution in [-0.4, -0.2) is 184 Å². The van der Waals surface area contributed by atoms with Crippen LogP contribution in [0.25, 0.3) is 11.1 Å². The Bertz CT molecular complexity index is 4430. The van der Waals surface area contributed by atoms with E-state index in [-0.39, 0.29) is 65.2 Å². The van der Waals surface area contributed by atoms with Crippen LogP contribution in [0.2, 0.25) is 10.0 Å². The first-order valence-corrected chi connectivity index (χ1v) is 34.6. The zero-order valence-corrected chi connectivity index (χ0v) is 60.2. The molecule has 7 aliphatic heterocycles. The quantitative estimate of drug-likeness (QED) is 0.0527. The number of carbonyl (C=O) groups excluding carboxylic acids is 7. The van der Waals surface area contributed by atoms with Crippen molar-refractivity contribution in [1.29, 1.82) is 0 Å². The molecule has 578 valence electrons. The Morgan fingerprint density at radius 2 is 1.31 bits per heavy atom. The number of rotatable bonds is 15. The molecular formula is C72H80Cl3N9O24. The number of nitrogens with two attached hydrogens (primary N) is 1. The van der Waals surface area contributed by atoms with Gasteiger partial charge in [0.1, 0.15) is 101 Å². The molecule has 7 amide bonds. The molecule has 11 bridgehead atoms. The summed E-state index contributed by atoms with van der Waals surface area (Å²) in [5.41, 5.74) is 6.73. The van der Waals surface area contributed by atoms with Crippen molar-refractivity contribution in [3.63, 3.8) is 0 Å². The van der Waals surface area contributed by atoms with E-state index < -0.39 is 237 Å². The molecule has 2 saturated heterocycles. The molecular weight excluding hydrogens is 1480 g/mol.